The summed E-state index contributed by atoms with van der Waals surface area (Å²) < 4.78 is 68.0. The van der Waals surface area contributed by atoms with Crippen molar-refractivity contribution >= 4 is 65.7 Å². The van der Waals surface area contributed by atoms with Crippen LogP contribution in [0.3, 0.4) is 0 Å². The second kappa shape index (κ2) is 10.4. The Hall–Kier alpha value is -1.86. The zero-order valence-electron chi connectivity index (χ0n) is 16.1. The van der Waals surface area contributed by atoms with Gasteiger partial charge in [-0.25, -0.2) is 16.8 Å². The molecule has 3 aromatic rings. The number of hydrogen-bond donors (Lipinski definition) is 0. The number of rotatable bonds is 5. The van der Waals surface area contributed by atoms with Crippen LogP contribution in [0.25, 0.3) is 10.8 Å². The van der Waals surface area contributed by atoms with E-state index in [2.05, 4.69) is 10.2 Å². The van der Waals surface area contributed by atoms with Gasteiger partial charge < -0.3 is 24.1 Å². The van der Waals surface area contributed by atoms with Gasteiger partial charge in [0.1, 0.15) is 20.2 Å². The smallest absolute Gasteiger partial charge is 0.870 e. The summed E-state index contributed by atoms with van der Waals surface area (Å²) in [7, 11) is -10.2. The average Bonchev–Trinajstić information content (AvgIpc) is 2.65. The van der Waals surface area contributed by atoms with Gasteiger partial charge in [-0.15, -0.1) is 5.11 Å². The van der Waals surface area contributed by atoms with Crippen molar-refractivity contribution in [1.82, 2.24) is 0 Å². The topological polar surface area (TPSA) is 202 Å². The Morgan fingerprint density at radius 3 is 2.06 bits per heavy atom. The Bertz CT molecular complexity index is 1440. The molecule has 32 heavy (non-hydrogen) atoms. The largest absolute Gasteiger partial charge is 3.00 e. The molecule has 0 fully saturated rings. The maximum absolute atomic E-state index is 12.5. The molecule has 0 heterocycles. The average molecular weight is 498 g/mol. The minimum absolute atomic E-state index is 0. The number of nitrogens with zero attached hydrogens (tertiary/aromatic N) is 2. The van der Waals surface area contributed by atoms with Gasteiger partial charge >= 0.3 is 46.9 Å². The first kappa shape index (κ1) is 28.2. The van der Waals surface area contributed by atoms with Crippen molar-refractivity contribution in [3.8, 4) is 5.75 Å². The normalized spacial score (nSPS) is 11.7. The Morgan fingerprint density at radius 1 is 0.875 bits per heavy atom. The van der Waals surface area contributed by atoms with E-state index >= 15 is 0 Å². The van der Waals surface area contributed by atoms with E-state index in [4.69, 9.17) is 0 Å². The number of carboxylic acids is 1. The summed E-state index contributed by atoms with van der Waals surface area (Å²) in [6, 6.07) is 8.48. The molecule has 3 rings (SSSR count). The van der Waals surface area contributed by atoms with E-state index in [-0.39, 0.29) is 68.9 Å². The standard InChI is InChI=1S/C17H12N2O9S2.Al.Na/c20-16-14(30(26,27)28)8-9-7-10(29(23,24)25)5-6-11(9)15(16)19-18-13-4-2-1-3-12(13)17(21)22;;/h1-8,20H,(H,21,22)(H,23,24,25)(H,26,27,28);;/q;+3;+1/p-4. The van der Waals surface area contributed by atoms with Crippen molar-refractivity contribution in [3.05, 3.63) is 54.1 Å². The molecule has 0 aliphatic rings. The first-order valence-corrected chi connectivity index (χ1v) is 10.6. The first-order chi connectivity index (χ1) is 13.9. The Labute approximate surface area is 214 Å². The van der Waals surface area contributed by atoms with E-state index in [0.29, 0.717) is 6.07 Å². The van der Waals surface area contributed by atoms with Gasteiger partial charge in [-0.05, 0) is 29.7 Å². The molecule has 11 nitrogen and oxygen atoms in total. The minimum atomic E-state index is -5.30. The van der Waals surface area contributed by atoms with Gasteiger partial charge in [0.15, 0.2) is 0 Å². The molecule has 0 unspecified atom stereocenters. The molecule has 0 bridgehead atoms. The van der Waals surface area contributed by atoms with Crippen LogP contribution in [0.2, 0.25) is 0 Å². The van der Waals surface area contributed by atoms with E-state index < -0.39 is 47.4 Å². The van der Waals surface area contributed by atoms with E-state index in [9.17, 15) is 40.9 Å². The predicted molar refractivity (Wildman–Crippen MR) is 100 cm³/mol. The van der Waals surface area contributed by atoms with E-state index in [1.807, 2.05) is 0 Å². The molecule has 0 N–H and O–H groups in total. The molecule has 0 spiro atoms. The van der Waals surface area contributed by atoms with Crippen LogP contribution in [0, 0.1) is 0 Å². The van der Waals surface area contributed by atoms with E-state index in [1.165, 1.54) is 18.2 Å². The summed E-state index contributed by atoms with van der Waals surface area (Å²) >= 11 is 0. The predicted octanol–water partition coefficient (Wildman–Crippen LogP) is -2.88. The van der Waals surface area contributed by atoms with Crippen molar-refractivity contribution < 1.29 is 70.5 Å². The molecular weight excluding hydrogens is 490 g/mol. The van der Waals surface area contributed by atoms with Gasteiger partial charge in [0.05, 0.1) is 22.2 Å². The summed E-state index contributed by atoms with van der Waals surface area (Å²) in [6.07, 6.45) is 0. The van der Waals surface area contributed by atoms with Crippen LogP contribution in [0.4, 0.5) is 11.4 Å². The van der Waals surface area contributed by atoms with Crippen LogP contribution < -0.4 is 39.8 Å². The van der Waals surface area contributed by atoms with Crippen LogP contribution >= 0.6 is 0 Å². The van der Waals surface area contributed by atoms with Gasteiger partial charge in [0.2, 0.25) is 0 Å². The van der Waals surface area contributed by atoms with Crippen LogP contribution in [0.5, 0.6) is 5.75 Å². The number of azo groups is 1. The summed E-state index contributed by atoms with van der Waals surface area (Å²) in [5.74, 6) is -2.91. The fraction of sp³-hybridized carbons (Fsp3) is 0. The third-order valence-electron chi connectivity index (χ3n) is 3.94. The monoisotopic (exact) mass is 498 g/mol. The van der Waals surface area contributed by atoms with Crippen LogP contribution in [-0.4, -0.2) is 49.3 Å². The van der Waals surface area contributed by atoms with Gasteiger partial charge in [0.25, 0.3) is 0 Å². The number of carbonyl (C=O) groups excluding carboxylic acids is 1. The van der Waals surface area contributed by atoms with Gasteiger partial charge in [-0.3, -0.25) is 0 Å². The van der Waals surface area contributed by atoms with Gasteiger partial charge in [0, 0.05) is 15.8 Å². The molecule has 0 saturated carbocycles. The van der Waals surface area contributed by atoms with Crippen LogP contribution in [-0.2, 0) is 20.2 Å². The number of aromatic carboxylic acids is 1. The van der Waals surface area contributed by atoms with Crippen LogP contribution in [0.1, 0.15) is 10.4 Å². The summed E-state index contributed by atoms with van der Waals surface area (Å²) in [6.45, 7) is 0. The third-order valence-corrected chi connectivity index (χ3v) is 5.62. The quantitative estimate of drug-likeness (QED) is 0.201. The Kier molecular flexibility index (Phi) is 9.14. The minimum Gasteiger partial charge on any atom is -0.870 e. The second-order valence-corrected chi connectivity index (χ2v) is 8.58. The fourth-order valence-electron chi connectivity index (χ4n) is 2.60. The van der Waals surface area contributed by atoms with Crippen molar-refractivity contribution in [2.45, 2.75) is 9.79 Å². The van der Waals surface area contributed by atoms with Gasteiger partial charge in [-0.2, -0.15) is 5.11 Å². The molecular formula is C17H8AlN2NaO9S2. The molecule has 0 aromatic heterocycles. The molecule has 0 aliphatic carbocycles. The number of fused-ring (bicyclic) bond motifs is 1. The molecule has 3 aromatic carbocycles. The van der Waals surface area contributed by atoms with Gasteiger partial charge in [-0.1, -0.05) is 30.0 Å². The second-order valence-electron chi connectivity index (χ2n) is 5.85. The Balaban J connectivity index is 0.00000256. The molecule has 0 radical (unpaired) electrons. The van der Waals surface area contributed by atoms with Crippen molar-refractivity contribution in [1.29, 1.82) is 0 Å². The van der Waals surface area contributed by atoms with Crippen molar-refractivity contribution in [2.24, 2.45) is 10.2 Å². The summed E-state index contributed by atoms with van der Waals surface area (Å²) in [4.78, 5) is 9.18. The number of carbonyl (C=O) groups is 1. The maximum atomic E-state index is 12.5. The fourth-order valence-corrected chi connectivity index (χ4v) is 3.70. The van der Waals surface area contributed by atoms with E-state index in [1.54, 1.807) is 0 Å². The number of carboxylic acid groups (broad SMARTS) is 1. The number of hydrogen-bond acceptors (Lipinski definition) is 11. The molecule has 0 aliphatic heterocycles. The molecule has 0 saturated heterocycles. The molecule has 15 heteroatoms. The Morgan fingerprint density at radius 2 is 1.50 bits per heavy atom. The maximum Gasteiger partial charge on any atom is 3.00 e. The SMILES string of the molecule is O=C([O-])c1ccccc1N=Nc1c([O-])c(S(=O)(=O)[O-])cc2cc(S(=O)(=O)[O-])ccc12.[Al+3].[Na+]. The first-order valence-electron chi connectivity index (χ1n) is 7.81. The molecule has 156 valence electrons. The molecule has 0 atom stereocenters. The zero-order chi connectivity index (χ0) is 22.3. The summed E-state index contributed by atoms with van der Waals surface area (Å²) in [5, 5.41) is 30.5. The number of benzene rings is 3. The molecule has 0 amide bonds. The van der Waals surface area contributed by atoms with E-state index in [0.717, 1.165) is 24.3 Å². The third kappa shape index (κ3) is 5.93. The van der Waals surface area contributed by atoms with Crippen LogP contribution in [0.15, 0.2) is 68.6 Å². The van der Waals surface area contributed by atoms with Crippen molar-refractivity contribution in [2.75, 3.05) is 0 Å². The van der Waals surface area contributed by atoms with Crippen molar-refractivity contribution in [3.63, 3.8) is 0 Å². The summed E-state index contributed by atoms with van der Waals surface area (Å²) in [5.41, 5.74) is -1.26. The zero-order valence-corrected chi connectivity index (χ0v) is 20.9.